The van der Waals surface area contributed by atoms with Crippen molar-refractivity contribution < 1.29 is 14.8 Å². The topological polar surface area (TPSA) is 92.5 Å². The third-order valence-electron chi connectivity index (χ3n) is 4.11. The summed E-state index contributed by atoms with van der Waals surface area (Å²) in [5.74, 6) is -0.369. The van der Waals surface area contributed by atoms with Crippen molar-refractivity contribution in [2.24, 2.45) is 5.41 Å². The number of rotatable bonds is 4. The average Bonchev–Trinajstić information content (AvgIpc) is 2.90. The SMILES string of the molecule is CC1(C)CCC(O)(CNC(=O)c2ccc([N+](=O)[O-])s2)CC1. The third-order valence-corrected chi connectivity index (χ3v) is 5.14. The van der Waals surface area contributed by atoms with Crippen LogP contribution in [0.2, 0.25) is 0 Å². The van der Waals surface area contributed by atoms with Crippen LogP contribution < -0.4 is 5.32 Å². The number of aliphatic hydroxyl groups is 1. The molecule has 1 aliphatic carbocycles. The molecule has 0 spiro atoms. The van der Waals surface area contributed by atoms with Crippen molar-refractivity contribution in [1.82, 2.24) is 5.32 Å². The maximum Gasteiger partial charge on any atom is 0.324 e. The number of nitro groups is 1. The quantitative estimate of drug-likeness (QED) is 0.660. The van der Waals surface area contributed by atoms with Crippen LogP contribution >= 0.6 is 11.3 Å². The van der Waals surface area contributed by atoms with Gasteiger partial charge in [0.2, 0.25) is 0 Å². The maximum atomic E-state index is 12.0. The lowest BCUT2D eigenvalue weighted by Gasteiger charge is -2.40. The van der Waals surface area contributed by atoms with Crippen molar-refractivity contribution in [3.63, 3.8) is 0 Å². The lowest BCUT2D eigenvalue weighted by Crippen LogP contribution is -2.46. The minimum atomic E-state index is -0.867. The summed E-state index contributed by atoms with van der Waals surface area (Å²) in [5.41, 5.74) is -0.626. The molecule has 116 valence electrons. The van der Waals surface area contributed by atoms with Gasteiger partial charge >= 0.3 is 5.00 Å². The van der Waals surface area contributed by atoms with Gasteiger partial charge in [-0.25, -0.2) is 0 Å². The van der Waals surface area contributed by atoms with E-state index in [9.17, 15) is 20.0 Å². The van der Waals surface area contributed by atoms with Crippen LogP contribution in [-0.4, -0.2) is 28.1 Å². The van der Waals surface area contributed by atoms with Crippen molar-refractivity contribution in [3.8, 4) is 0 Å². The predicted octanol–water partition coefficient (Wildman–Crippen LogP) is 2.72. The summed E-state index contributed by atoms with van der Waals surface area (Å²) >= 11 is 0.842. The zero-order valence-corrected chi connectivity index (χ0v) is 13.0. The molecular formula is C14H20N2O4S. The first-order chi connectivity index (χ1) is 9.71. The number of carbonyl (C=O) groups is 1. The fourth-order valence-corrected chi connectivity index (χ4v) is 3.19. The number of thiophene rings is 1. The summed E-state index contributed by atoms with van der Waals surface area (Å²) in [6, 6.07) is 2.75. The van der Waals surface area contributed by atoms with E-state index in [1.165, 1.54) is 12.1 Å². The van der Waals surface area contributed by atoms with Gasteiger partial charge in [-0.15, -0.1) is 0 Å². The molecule has 2 rings (SSSR count). The van der Waals surface area contributed by atoms with Gasteiger partial charge in [-0.2, -0.15) is 0 Å². The van der Waals surface area contributed by atoms with E-state index < -0.39 is 10.5 Å². The van der Waals surface area contributed by atoms with Crippen molar-refractivity contribution in [2.75, 3.05) is 6.54 Å². The van der Waals surface area contributed by atoms with E-state index in [0.717, 1.165) is 24.2 Å². The van der Waals surface area contributed by atoms with Gasteiger partial charge in [-0.05, 0) is 37.2 Å². The third kappa shape index (κ3) is 4.01. The molecular weight excluding hydrogens is 292 g/mol. The summed E-state index contributed by atoms with van der Waals surface area (Å²) in [4.78, 5) is 22.3. The summed E-state index contributed by atoms with van der Waals surface area (Å²) in [6.07, 6.45) is 3.16. The Morgan fingerprint density at radius 3 is 2.52 bits per heavy atom. The molecule has 6 nitrogen and oxygen atoms in total. The lowest BCUT2D eigenvalue weighted by atomic mass is 9.71. The monoisotopic (exact) mass is 312 g/mol. The second-order valence-corrected chi connectivity index (χ2v) is 7.53. The Labute approximate surface area is 127 Å². The zero-order chi connectivity index (χ0) is 15.7. The number of nitrogens with zero attached hydrogens (tertiary/aromatic N) is 1. The van der Waals surface area contributed by atoms with E-state index in [4.69, 9.17) is 0 Å². The Balaban J connectivity index is 1.90. The molecule has 0 aromatic carbocycles. The first kappa shape index (κ1) is 15.9. The number of nitrogens with one attached hydrogen (secondary N) is 1. The van der Waals surface area contributed by atoms with Gasteiger partial charge in [-0.1, -0.05) is 25.2 Å². The molecule has 0 atom stereocenters. The fraction of sp³-hybridized carbons (Fsp3) is 0.643. The normalized spacial score (nSPS) is 20.0. The summed E-state index contributed by atoms with van der Waals surface area (Å²) in [7, 11) is 0. The minimum Gasteiger partial charge on any atom is -0.388 e. The molecule has 1 heterocycles. The predicted molar refractivity (Wildman–Crippen MR) is 80.5 cm³/mol. The summed E-state index contributed by atoms with van der Waals surface area (Å²) < 4.78 is 0. The number of amides is 1. The highest BCUT2D eigenvalue weighted by Crippen LogP contribution is 2.39. The van der Waals surface area contributed by atoms with Gasteiger partial charge in [0.05, 0.1) is 15.4 Å². The summed E-state index contributed by atoms with van der Waals surface area (Å²) in [5, 5.41) is 23.7. The Kier molecular flexibility index (Phi) is 4.34. The molecule has 0 bridgehead atoms. The molecule has 2 N–H and O–H groups in total. The molecule has 21 heavy (non-hydrogen) atoms. The van der Waals surface area contributed by atoms with Gasteiger partial charge in [0, 0.05) is 12.6 Å². The second-order valence-electron chi connectivity index (χ2n) is 6.47. The van der Waals surface area contributed by atoms with Crippen molar-refractivity contribution in [1.29, 1.82) is 0 Å². The smallest absolute Gasteiger partial charge is 0.324 e. The van der Waals surface area contributed by atoms with Crippen molar-refractivity contribution >= 4 is 22.2 Å². The van der Waals surface area contributed by atoms with Crippen molar-refractivity contribution in [2.45, 2.75) is 45.1 Å². The number of carbonyl (C=O) groups excluding carboxylic acids is 1. The van der Waals surface area contributed by atoms with Crippen LogP contribution in [0.3, 0.4) is 0 Å². The molecule has 1 aromatic heterocycles. The van der Waals surface area contributed by atoms with Crippen LogP contribution in [-0.2, 0) is 0 Å². The van der Waals surface area contributed by atoms with Crippen LogP contribution in [0.25, 0.3) is 0 Å². The van der Waals surface area contributed by atoms with Gasteiger partial charge in [0.1, 0.15) is 0 Å². The number of hydrogen-bond donors (Lipinski definition) is 2. The van der Waals surface area contributed by atoms with Gasteiger partial charge < -0.3 is 10.4 Å². The van der Waals surface area contributed by atoms with Crippen LogP contribution in [0.5, 0.6) is 0 Å². The molecule has 0 radical (unpaired) electrons. The molecule has 1 aliphatic rings. The maximum absolute atomic E-state index is 12.0. The molecule has 1 saturated carbocycles. The van der Waals surface area contributed by atoms with E-state index in [1.807, 2.05) is 0 Å². The fourth-order valence-electron chi connectivity index (χ4n) is 2.45. The van der Waals surface area contributed by atoms with Crippen LogP contribution in [0.4, 0.5) is 5.00 Å². The van der Waals surface area contributed by atoms with Crippen molar-refractivity contribution in [3.05, 3.63) is 27.1 Å². The van der Waals surface area contributed by atoms with Gasteiger partial charge in [-0.3, -0.25) is 14.9 Å². The number of hydrogen-bond acceptors (Lipinski definition) is 5. The Morgan fingerprint density at radius 2 is 2.00 bits per heavy atom. The minimum absolute atomic E-state index is 0.0572. The Hall–Kier alpha value is -1.47. The molecule has 1 aromatic rings. The molecule has 1 fully saturated rings. The van der Waals surface area contributed by atoms with Gasteiger partial charge in [0.25, 0.3) is 5.91 Å². The average molecular weight is 312 g/mol. The largest absolute Gasteiger partial charge is 0.388 e. The van der Waals surface area contributed by atoms with Crippen LogP contribution in [0, 0.1) is 15.5 Å². The van der Waals surface area contributed by atoms with E-state index in [0.29, 0.717) is 17.7 Å². The van der Waals surface area contributed by atoms with Gasteiger partial charge in [0.15, 0.2) is 0 Å². The lowest BCUT2D eigenvalue weighted by molar-refractivity contribution is -0.380. The Bertz CT molecular complexity index is 543. The first-order valence-electron chi connectivity index (χ1n) is 6.96. The van der Waals surface area contributed by atoms with Crippen LogP contribution in [0.1, 0.15) is 49.2 Å². The molecule has 1 amide bonds. The molecule has 0 unspecified atom stereocenters. The highest BCUT2D eigenvalue weighted by molar-refractivity contribution is 7.17. The molecule has 7 heteroatoms. The van der Waals surface area contributed by atoms with E-state index >= 15 is 0 Å². The molecule has 0 aliphatic heterocycles. The standard InChI is InChI=1S/C14H20N2O4S/c1-13(2)5-7-14(18,8-6-13)9-15-12(17)10-3-4-11(21-10)16(19)20/h3-4,18H,5-9H2,1-2H3,(H,15,17). The zero-order valence-electron chi connectivity index (χ0n) is 12.2. The Morgan fingerprint density at radius 1 is 1.38 bits per heavy atom. The molecule has 0 saturated heterocycles. The van der Waals surface area contributed by atoms with E-state index in [1.54, 1.807) is 0 Å². The first-order valence-corrected chi connectivity index (χ1v) is 7.77. The highest BCUT2D eigenvalue weighted by Gasteiger charge is 2.36. The van der Waals surface area contributed by atoms with E-state index in [-0.39, 0.29) is 22.9 Å². The highest BCUT2D eigenvalue weighted by atomic mass is 32.1. The van der Waals surface area contributed by atoms with E-state index in [2.05, 4.69) is 19.2 Å². The summed E-state index contributed by atoms with van der Waals surface area (Å²) in [6.45, 7) is 4.54. The van der Waals surface area contributed by atoms with Crippen LogP contribution in [0.15, 0.2) is 12.1 Å². The second kappa shape index (κ2) is 5.73.